The zero-order chi connectivity index (χ0) is 20.7. The minimum Gasteiger partial charge on any atom is -0.410 e. The summed E-state index contributed by atoms with van der Waals surface area (Å²) in [6, 6.07) is 11.2. The van der Waals surface area contributed by atoms with Gasteiger partial charge in [0.1, 0.15) is 10.6 Å². The van der Waals surface area contributed by atoms with E-state index in [9.17, 15) is 18.0 Å². The predicted molar refractivity (Wildman–Crippen MR) is 104 cm³/mol. The van der Waals surface area contributed by atoms with E-state index in [-0.39, 0.29) is 16.2 Å². The molecule has 0 radical (unpaired) electrons. The summed E-state index contributed by atoms with van der Waals surface area (Å²) in [4.78, 5) is 24.6. The number of carbonyl (C=O) groups is 2. The van der Waals surface area contributed by atoms with E-state index in [2.05, 4.69) is 5.32 Å². The van der Waals surface area contributed by atoms with Crippen molar-refractivity contribution in [1.82, 2.24) is 9.62 Å². The number of hydrogen-bond donors (Lipinski definition) is 1. The molecule has 2 aromatic carbocycles. The van der Waals surface area contributed by atoms with Crippen LogP contribution in [-0.4, -0.2) is 34.7 Å². The number of amides is 2. The van der Waals surface area contributed by atoms with Crippen LogP contribution in [0, 0.1) is 0 Å². The maximum absolute atomic E-state index is 12.8. The van der Waals surface area contributed by atoms with Gasteiger partial charge in [0.25, 0.3) is 15.9 Å². The Hall–Kier alpha value is -1.71. The fourth-order valence-electron chi connectivity index (χ4n) is 2.48. The number of nitrogens with zero attached hydrogens (tertiary/aromatic N) is 1. The number of ether oxygens (including phenoxy) is 1. The van der Waals surface area contributed by atoms with Crippen LogP contribution in [0.1, 0.15) is 10.4 Å². The highest BCUT2D eigenvalue weighted by Crippen LogP contribution is 2.39. The summed E-state index contributed by atoms with van der Waals surface area (Å²) in [6.45, 7) is 0. The number of nitrogens with one attached hydrogen (secondary N) is 1. The van der Waals surface area contributed by atoms with E-state index in [1.165, 1.54) is 48.5 Å². The van der Waals surface area contributed by atoms with Crippen molar-refractivity contribution < 1.29 is 22.7 Å². The standard InChI is InChI=1S/C16H10Cl4N2O5S/c17-9-5-7-10(8-6-9)27-15(24)21-14(16(18,19)20)22-13(23)11-3-1-2-4-12(11)28(22,25)26/h1-8,14H,(H,21,24). The van der Waals surface area contributed by atoms with E-state index >= 15 is 0 Å². The Bertz CT molecular complexity index is 1040. The number of hydrogen-bond acceptors (Lipinski definition) is 5. The van der Waals surface area contributed by atoms with Gasteiger partial charge in [0, 0.05) is 5.02 Å². The van der Waals surface area contributed by atoms with E-state index in [0.29, 0.717) is 9.33 Å². The number of benzene rings is 2. The van der Waals surface area contributed by atoms with Crippen molar-refractivity contribution in [3.05, 3.63) is 59.1 Å². The molecule has 7 nitrogen and oxygen atoms in total. The molecule has 0 aliphatic carbocycles. The highest BCUT2D eigenvalue weighted by Gasteiger charge is 2.52. The lowest BCUT2D eigenvalue weighted by molar-refractivity contribution is 0.0816. The average Bonchev–Trinajstić information content (AvgIpc) is 2.81. The smallest absolute Gasteiger partial charge is 0.410 e. The normalized spacial score (nSPS) is 16.4. The molecule has 1 aliphatic heterocycles. The number of fused-ring (bicyclic) bond motifs is 1. The SMILES string of the molecule is O=C(NC(N1C(=O)c2ccccc2S1(=O)=O)C(Cl)(Cl)Cl)Oc1ccc(Cl)cc1. The Labute approximate surface area is 180 Å². The van der Waals surface area contributed by atoms with Gasteiger partial charge in [-0.1, -0.05) is 58.5 Å². The molecule has 2 aromatic rings. The van der Waals surface area contributed by atoms with Crippen LogP contribution in [0.5, 0.6) is 5.75 Å². The average molecular weight is 484 g/mol. The molecule has 0 saturated carbocycles. The monoisotopic (exact) mass is 482 g/mol. The van der Waals surface area contributed by atoms with Crippen molar-refractivity contribution in [1.29, 1.82) is 0 Å². The fraction of sp³-hybridized carbons (Fsp3) is 0.125. The largest absolute Gasteiger partial charge is 0.414 e. The Morgan fingerprint density at radius 1 is 1.07 bits per heavy atom. The molecular formula is C16H10Cl4N2O5S. The molecule has 1 aliphatic rings. The molecule has 0 bridgehead atoms. The van der Waals surface area contributed by atoms with Gasteiger partial charge in [-0.25, -0.2) is 17.5 Å². The Balaban J connectivity index is 1.90. The van der Waals surface area contributed by atoms with Gasteiger partial charge >= 0.3 is 6.09 Å². The van der Waals surface area contributed by atoms with Crippen molar-refractivity contribution in [2.45, 2.75) is 14.9 Å². The van der Waals surface area contributed by atoms with Gasteiger partial charge in [-0.3, -0.25) is 10.1 Å². The lowest BCUT2D eigenvalue weighted by Gasteiger charge is -2.31. The molecule has 0 fully saturated rings. The van der Waals surface area contributed by atoms with Crippen LogP contribution < -0.4 is 10.1 Å². The summed E-state index contributed by atoms with van der Waals surface area (Å²) in [5.41, 5.74) is -0.102. The van der Waals surface area contributed by atoms with E-state index in [4.69, 9.17) is 51.1 Å². The molecule has 0 aromatic heterocycles. The van der Waals surface area contributed by atoms with E-state index < -0.39 is 32.0 Å². The van der Waals surface area contributed by atoms with E-state index in [1.807, 2.05) is 0 Å². The number of carbonyl (C=O) groups excluding carboxylic acids is 2. The highest BCUT2D eigenvalue weighted by molar-refractivity contribution is 7.90. The van der Waals surface area contributed by atoms with Gasteiger partial charge in [0.15, 0.2) is 6.17 Å². The summed E-state index contributed by atoms with van der Waals surface area (Å²) in [5.74, 6) is -0.845. The molecule has 0 saturated heterocycles. The summed E-state index contributed by atoms with van der Waals surface area (Å²) in [7, 11) is -4.36. The van der Waals surface area contributed by atoms with Crippen LogP contribution in [0.2, 0.25) is 5.02 Å². The van der Waals surface area contributed by atoms with Crippen LogP contribution in [0.15, 0.2) is 53.4 Å². The first kappa shape index (κ1) is 21.0. The minimum absolute atomic E-state index is 0.101. The van der Waals surface area contributed by atoms with Crippen LogP contribution in [-0.2, 0) is 10.0 Å². The molecule has 3 rings (SSSR count). The van der Waals surface area contributed by atoms with Crippen LogP contribution >= 0.6 is 46.4 Å². The van der Waals surface area contributed by atoms with Gasteiger partial charge < -0.3 is 4.74 Å². The van der Waals surface area contributed by atoms with Crippen molar-refractivity contribution >= 4 is 68.4 Å². The predicted octanol–water partition coefficient (Wildman–Crippen LogP) is 3.97. The molecule has 148 valence electrons. The molecule has 28 heavy (non-hydrogen) atoms. The van der Waals surface area contributed by atoms with Crippen LogP contribution in [0.4, 0.5) is 4.79 Å². The molecule has 1 N–H and O–H groups in total. The molecule has 0 spiro atoms. The summed E-state index contributed by atoms with van der Waals surface area (Å²) >= 11 is 23.4. The van der Waals surface area contributed by atoms with Crippen molar-refractivity contribution in [2.75, 3.05) is 0 Å². The Kier molecular flexibility index (Phi) is 5.71. The van der Waals surface area contributed by atoms with E-state index in [1.54, 1.807) is 0 Å². The quantitative estimate of drug-likeness (QED) is 0.666. The Morgan fingerprint density at radius 2 is 1.68 bits per heavy atom. The zero-order valence-electron chi connectivity index (χ0n) is 13.6. The first-order chi connectivity index (χ1) is 13.0. The fourth-order valence-corrected chi connectivity index (χ4v) is 4.94. The lowest BCUT2D eigenvalue weighted by atomic mass is 10.2. The first-order valence-corrected chi connectivity index (χ1v) is 10.5. The molecule has 1 atom stereocenters. The zero-order valence-corrected chi connectivity index (χ0v) is 17.4. The van der Waals surface area contributed by atoms with E-state index in [0.717, 1.165) is 0 Å². The number of halogens is 4. The highest BCUT2D eigenvalue weighted by atomic mass is 35.6. The maximum Gasteiger partial charge on any atom is 0.414 e. The van der Waals surface area contributed by atoms with Crippen LogP contribution in [0.3, 0.4) is 0 Å². The second kappa shape index (κ2) is 7.61. The van der Waals surface area contributed by atoms with Gasteiger partial charge in [-0.05, 0) is 36.4 Å². The van der Waals surface area contributed by atoms with Crippen molar-refractivity contribution in [2.24, 2.45) is 0 Å². The summed E-state index contributed by atoms with van der Waals surface area (Å²) < 4.78 is 28.5. The molecule has 1 unspecified atom stereocenters. The summed E-state index contributed by atoms with van der Waals surface area (Å²) in [5, 5.41) is 2.53. The van der Waals surface area contributed by atoms with Gasteiger partial charge in [0.2, 0.25) is 3.79 Å². The molecular weight excluding hydrogens is 474 g/mol. The first-order valence-electron chi connectivity index (χ1n) is 7.50. The topological polar surface area (TPSA) is 92.8 Å². The third-order valence-electron chi connectivity index (χ3n) is 3.68. The maximum atomic E-state index is 12.8. The molecule has 12 heteroatoms. The van der Waals surface area contributed by atoms with Crippen molar-refractivity contribution in [3.8, 4) is 5.75 Å². The number of alkyl halides is 3. The third kappa shape index (κ3) is 4.01. The third-order valence-corrected chi connectivity index (χ3v) is 6.36. The Morgan fingerprint density at radius 3 is 2.25 bits per heavy atom. The molecule has 1 heterocycles. The van der Waals surface area contributed by atoms with Gasteiger partial charge in [0.05, 0.1) is 5.56 Å². The second-order valence-electron chi connectivity index (χ2n) is 5.53. The van der Waals surface area contributed by atoms with Crippen LogP contribution in [0.25, 0.3) is 0 Å². The molecule has 2 amide bonds. The van der Waals surface area contributed by atoms with Crippen molar-refractivity contribution in [3.63, 3.8) is 0 Å². The minimum atomic E-state index is -4.36. The summed E-state index contributed by atoms with van der Waals surface area (Å²) in [6.07, 6.45) is -3.00. The van der Waals surface area contributed by atoms with Gasteiger partial charge in [-0.2, -0.15) is 0 Å². The second-order valence-corrected chi connectivity index (χ2v) is 10.1. The number of sulfonamides is 1. The van der Waals surface area contributed by atoms with Gasteiger partial charge in [-0.15, -0.1) is 0 Å². The lowest BCUT2D eigenvalue weighted by Crippen LogP contribution is -2.57. The number of rotatable bonds is 3.